The van der Waals surface area contributed by atoms with Gasteiger partial charge in [0, 0.05) is 13.1 Å². The summed E-state index contributed by atoms with van der Waals surface area (Å²) in [6, 6.07) is 1.84. The van der Waals surface area contributed by atoms with E-state index in [1.54, 1.807) is 10.9 Å². The third kappa shape index (κ3) is 2.31. The maximum absolute atomic E-state index is 12.0. The first-order valence-electron chi connectivity index (χ1n) is 5.46. The molecule has 1 N–H and O–H groups in total. The van der Waals surface area contributed by atoms with E-state index in [-0.39, 0.29) is 5.56 Å². The molecule has 2 heterocycles. The van der Waals surface area contributed by atoms with Gasteiger partial charge in [-0.05, 0) is 24.4 Å². The second kappa shape index (κ2) is 5.23. The molecular formula is C11H15N3OS. The smallest absolute Gasteiger partial charge is 0.262 e. The molecule has 0 unspecified atom stereocenters. The van der Waals surface area contributed by atoms with Gasteiger partial charge in [-0.25, -0.2) is 4.98 Å². The molecule has 0 spiro atoms. The van der Waals surface area contributed by atoms with Crippen molar-refractivity contribution < 1.29 is 0 Å². The van der Waals surface area contributed by atoms with E-state index in [1.165, 1.54) is 11.3 Å². The van der Waals surface area contributed by atoms with E-state index in [4.69, 9.17) is 0 Å². The lowest BCUT2D eigenvalue weighted by molar-refractivity contribution is 0.579. The van der Waals surface area contributed by atoms with E-state index in [0.29, 0.717) is 6.54 Å². The summed E-state index contributed by atoms with van der Waals surface area (Å²) in [5.74, 6) is 0. The first-order valence-corrected chi connectivity index (χ1v) is 6.34. The van der Waals surface area contributed by atoms with Crippen molar-refractivity contribution in [2.24, 2.45) is 0 Å². The van der Waals surface area contributed by atoms with E-state index >= 15 is 0 Å². The van der Waals surface area contributed by atoms with Crippen LogP contribution < -0.4 is 10.9 Å². The van der Waals surface area contributed by atoms with Gasteiger partial charge in [-0.2, -0.15) is 0 Å². The van der Waals surface area contributed by atoms with Gasteiger partial charge >= 0.3 is 0 Å². The lowest BCUT2D eigenvalue weighted by atomic mass is 10.4. The molecule has 0 atom stereocenters. The van der Waals surface area contributed by atoms with Gasteiger partial charge in [0.2, 0.25) is 0 Å². The molecule has 2 aromatic heterocycles. The number of fused-ring (bicyclic) bond motifs is 1. The monoisotopic (exact) mass is 237 g/mol. The molecule has 0 aliphatic heterocycles. The van der Waals surface area contributed by atoms with Crippen LogP contribution in [0.25, 0.3) is 10.2 Å². The number of thiophene rings is 1. The second-order valence-electron chi connectivity index (χ2n) is 3.63. The highest BCUT2D eigenvalue weighted by atomic mass is 32.1. The Morgan fingerprint density at radius 1 is 1.50 bits per heavy atom. The summed E-state index contributed by atoms with van der Waals surface area (Å²) in [4.78, 5) is 17.0. The van der Waals surface area contributed by atoms with Crippen LogP contribution in [0.15, 0.2) is 22.6 Å². The van der Waals surface area contributed by atoms with Gasteiger partial charge in [0.05, 0.1) is 11.7 Å². The van der Waals surface area contributed by atoms with Gasteiger partial charge < -0.3 is 5.32 Å². The van der Waals surface area contributed by atoms with Crippen LogP contribution in [0.4, 0.5) is 0 Å². The van der Waals surface area contributed by atoms with Crippen molar-refractivity contribution in [3.05, 3.63) is 28.1 Å². The minimum absolute atomic E-state index is 0.0598. The Morgan fingerprint density at radius 2 is 2.38 bits per heavy atom. The van der Waals surface area contributed by atoms with E-state index in [0.717, 1.165) is 29.7 Å². The number of nitrogens with one attached hydrogen (secondary N) is 1. The zero-order valence-corrected chi connectivity index (χ0v) is 10.1. The van der Waals surface area contributed by atoms with Crippen LogP contribution in [0.3, 0.4) is 0 Å². The van der Waals surface area contributed by atoms with E-state index in [2.05, 4.69) is 17.2 Å². The van der Waals surface area contributed by atoms with Gasteiger partial charge in [0.1, 0.15) is 4.83 Å². The number of aromatic nitrogens is 2. The largest absolute Gasteiger partial charge is 0.315 e. The lowest BCUT2D eigenvalue weighted by Gasteiger charge is -2.05. The number of hydrogen-bond acceptors (Lipinski definition) is 4. The zero-order valence-electron chi connectivity index (χ0n) is 9.27. The van der Waals surface area contributed by atoms with Gasteiger partial charge in [-0.15, -0.1) is 11.3 Å². The summed E-state index contributed by atoms with van der Waals surface area (Å²) in [7, 11) is 0. The maximum atomic E-state index is 12.0. The van der Waals surface area contributed by atoms with E-state index in [9.17, 15) is 4.79 Å². The van der Waals surface area contributed by atoms with Gasteiger partial charge in [0.25, 0.3) is 5.56 Å². The zero-order chi connectivity index (χ0) is 11.4. The highest BCUT2D eigenvalue weighted by Gasteiger charge is 2.03. The Balaban J connectivity index is 2.12. The van der Waals surface area contributed by atoms with Crippen molar-refractivity contribution in [2.45, 2.75) is 19.9 Å². The Bertz CT molecular complexity index is 517. The van der Waals surface area contributed by atoms with E-state index < -0.39 is 0 Å². The lowest BCUT2D eigenvalue weighted by Crippen LogP contribution is -2.27. The van der Waals surface area contributed by atoms with Crippen LogP contribution in [0.1, 0.15) is 13.3 Å². The fraction of sp³-hybridized carbons (Fsp3) is 0.455. The Hall–Kier alpha value is -1.20. The van der Waals surface area contributed by atoms with Crippen molar-refractivity contribution in [1.29, 1.82) is 0 Å². The molecule has 0 saturated heterocycles. The second-order valence-corrected chi connectivity index (χ2v) is 4.53. The average molecular weight is 237 g/mol. The van der Waals surface area contributed by atoms with Crippen LogP contribution in [0, 0.1) is 0 Å². The summed E-state index contributed by atoms with van der Waals surface area (Å²) >= 11 is 1.50. The van der Waals surface area contributed by atoms with Crippen molar-refractivity contribution in [3.63, 3.8) is 0 Å². The molecule has 4 nitrogen and oxygen atoms in total. The molecule has 16 heavy (non-hydrogen) atoms. The predicted molar refractivity (Wildman–Crippen MR) is 67.0 cm³/mol. The van der Waals surface area contributed by atoms with E-state index in [1.807, 2.05) is 11.4 Å². The fourth-order valence-corrected chi connectivity index (χ4v) is 2.28. The molecule has 86 valence electrons. The number of nitrogens with zero attached hydrogens (tertiary/aromatic N) is 2. The highest BCUT2D eigenvalue weighted by molar-refractivity contribution is 7.16. The molecule has 0 aliphatic rings. The van der Waals surface area contributed by atoms with Crippen LogP contribution >= 0.6 is 11.3 Å². The van der Waals surface area contributed by atoms with Crippen LogP contribution in [0.5, 0.6) is 0 Å². The Labute approximate surface area is 97.9 Å². The molecule has 2 aromatic rings. The van der Waals surface area contributed by atoms with Crippen LogP contribution in [-0.2, 0) is 6.54 Å². The van der Waals surface area contributed by atoms with Crippen molar-refractivity contribution in [1.82, 2.24) is 14.9 Å². The first-order chi connectivity index (χ1) is 7.83. The van der Waals surface area contributed by atoms with Gasteiger partial charge in [-0.1, -0.05) is 6.92 Å². The van der Waals surface area contributed by atoms with Crippen molar-refractivity contribution in [3.8, 4) is 0 Å². The van der Waals surface area contributed by atoms with Crippen LogP contribution in [-0.4, -0.2) is 22.6 Å². The highest BCUT2D eigenvalue weighted by Crippen LogP contribution is 2.12. The van der Waals surface area contributed by atoms with Crippen LogP contribution in [0.2, 0.25) is 0 Å². The third-order valence-corrected chi connectivity index (χ3v) is 3.23. The molecule has 0 saturated carbocycles. The topological polar surface area (TPSA) is 46.9 Å². The first kappa shape index (κ1) is 11.3. The Kier molecular flexibility index (Phi) is 3.69. The summed E-state index contributed by atoms with van der Waals surface area (Å²) in [5, 5.41) is 5.89. The number of hydrogen-bond donors (Lipinski definition) is 1. The molecule has 0 bridgehead atoms. The molecule has 0 amide bonds. The molecular weight excluding hydrogens is 222 g/mol. The van der Waals surface area contributed by atoms with Crippen molar-refractivity contribution in [2.75, 3.05) is 13.1 Å². The summed E-state index contributed by atoms with van der Waals surface area (Å²) in [5.41, 5.74) is 0.0598. The molecule has 5 heteroatoms. The minimum Gasteiger partial charge on any atom is -0.315 e. The normalized spacial score (nSPS) is 11.1. The van der Waals surface area contributed by atoms with Crippen molar-refractivity contribution >= 4 is 21.6 Å². The SMILES string of the molecule is CCCNCCn1cnc2sccc2c1=O. The number of rotatable bonds is 5. The third-order valence-electron chi connectivity index (χ3n) is 2.41. The minimum atomic E-state index is 0.0598. The standard InChI is InChI=1S/C11H15N3OS/c1-2-4-12-5-6-14-8-13-10-9(11(14)15)3-7-16-10/h3,7-8,12H,2,4-6H2,1H3. The average Bonchev–Trinajstić information content (AvgIpc) is 2.76. The summed E-state index contributed by atoms with van der Waals surface area (Å²) in [6.07, 6.45) is 2.74. The summed E-state index contributed by atoms with van der Waals surface area (Å²) < 4.78 is 1.66. The molecule has 0 radical (unpaired) electrons. The molecule has 0 aromatic carbocycles. The molecule has 2 rings (SSSR count). The molecule has 0 aliphatic carbocycles. The maximum Gasteiger partial charge on any atom is 0.262 e. The predicted octanol–water partition coefficient (Wildman–Crippen LogP) is 1.46. The quantitative estimate of drug-likeness (QED) is 0.801. The molecule has 0 fully saturated rings. The Morgan fingerprint density at radius 3 is 3.19 bits per heavy atom. The summed E-state index contributed by atoms with van der Waals surface area (Å²) in [6.45, 7) is 4.60. The van der Waals surface area contributed by atoms with Gasteiger partial charge in [-0.3, -0.25) is 9.36 Å². The fourth-order valence-electron chi connectivity index (χ4n) is 1.55. The van der Waals surface area contributed by atoms with Gasteiger partial charge in [0.15, 0.2) is 0 Å².